The summed E-state index contributed by atoms with van der Waals surface area (Å²) in [6.07, 6.45) is -1.92. The second-order valence-electron chi connectivity index (χ2n) is 7.86. The van der Waals surface area contributed by atoms with Crippen LogP contribution in [-0.2, 0) is 19.0 Å². The predicted molar refractivity (Wildman–Crippen MR) is 80.9 cm³/mol. The number of hydrogen-bond donors (Lipinski definition) is 3. The van der Waals surface area contributed by atoms with E-state index in [9.17, 15) is 20.1 Å². The maximum absolute atomic E-state index is 11.5. The van der Waals surface area contributed by atoms with Crippen molar-refractivity contribution in [3.63, 3.8) is 0 Å². The highest BCUT2D eigenvalue weighted by Gasteiger charge is 2.85. The molecule has 0 aromatic rings. The Bertz CT molecular complexity index is 612. The van der Waals surface area contributed by atoms with Crippen LogP contribution in [0.5, 0.6) is 0 Å². The fourth-order valence-electron chi connectivity index (χ4n) is 5.26. The Balaban J connectivity index is 1.87. The van der Waals surface area contributed by atoms with E-state index in [0.29, 0.717) is 6.61 Å². The number of aliphatic hydroxyl groups is 3. The van der Waals surface area contributed by atoms with E-state index < -0.39 is 52.9 Å². The van der Waals surface area contributed by atoms with E-state index in [-0.39, 0.29) is 13.0 Å². The van der Waals surface area contributed by atoms with Gasteiger partial charge in [0, 0.05) is 17.8 Å². The zero-order valence-electron chi connectivity index (χ0n) is 14.1. The van der Waals surface area contributed by atoms with Crippen LogP contribution in [0.4, 0.5) is 0 Å². The van der Waals surface area contributed by atoms with Crippen LogP contribution in [0.15, 0.2) is 11.6 Å². The average molecular weight is 340 g/mol. The average Bonchev–Trinajstić information content (AvgIpc) is 3.30. The monoisotopic (exact) mass is 340 g/mol. The van der Waals surface area contributed by atoms with E-state index >= 15 is 0 Å². The molecule has 1 spiro atoms. The normalized spacial score (nSPS) is 55.1. The van der Waals surface area contributed by atoms with Crippen LogP contribution in [0.3, 0.4) is 0 Å². The fraction of sp³-hybridized carbons (Fsp3) is 0.824. The molecule has 24 heavy (non-hydrogen) atoms. The van der Waals surface area contributed by atoms with Gasteiger partial charge in [-0.05, 0) is 18.9 Å². The molecule has 7 heteroatoms. The molecule has 4 rings (SSSR count). The lowest BCUT2D eigenvalue weighted by Crippen LogP contribution is -2.67. The topological polar surface area (TPSA) is 109 Å². The molecule has 7 nitrogen and oxygen atoms in total. The van der Waals surface area contributed by atoms with E-state index in [1.54, 1.807) is 0 Å². The Morgan fingerprint density at radius 3 is 2.67 bits per heavy atom. The van der Waals surface area contributed by atoms with Gasteiger partial charge in [0.15, 0.2) is 0 Å². The van der Waals surface area contributed by atoms with Gasteiger partial charge in [0.1, 0.15) is 24.4 Å². The molecule has 2 saturated heterocycles. The molecule has 4 aliphatic rings. The SMILES string of the molecule is CC(=O)OC[C@]12C[C@H](O)C(C)=C[C@H]1O[C@@H]1[C@H](O)[C@@H](O)[C@@]2(C)[C@]12CO2. The van der Waals surface area contributed by atoms with E-state index in [0.717, 1.165) is 5.57 Å². The minimum Gasteiger partial charge on any atom is -0.465 e. The van der Waals surface area contributed by atoms with Crippen LogP contribution >= 0.6 is 0 Å². The zero-order valence-corrected chi connectivity index (χ0v) is 14.1. The minimum atomic E-state index is -1.09. The van der Waals surface area contributed by atoms with Crippen molar-refractivity contribution in [2.45, 2.75) is 63.3 Å². The lowest BCUT2D eigenvalue weighted by molar-refractivity contribution is -0.237. The number of esters is 1. The smallest absolute Gasteiger partial charge is 0.302 e. The number of fused-ring (bicyclic) bond motifs is 2. The van der Waals surface area contributed by atoms with Crippen LogP contribution in [-0.4, -0.2) is 70.6 Å². The third-order valence-electron chi connectivity index (χ3n) is 6.92. The third-order valence-corrected chi connectivity index (χ3v) is 6.92. The van der Waals surface area contributed by atoms with Crippen molar-refractivity contribution in [1.82, 2.24) is 0 Å². The Kier molecular flexibility index (Phi) is 3.29. The highest BCUT2D eigenvalue weighted by atomic mass is 16.6. The Morgan fingerprint density at radius 1 is 1.42 bits per heavy atom. The zero-order chi connectivity index (χ0) is 17.5. The number of hydrogen-bond acceptors (Lipinski definition) is 7. The lowest BCUT2D eigenvalue weighted by atomic mass is 9.51. The standard InChI is InChI=1S/C17H24O7/c1-8-4-11-16(5-10(8)19,6-22-9(2)18)15(3)13(21)12(20)14(24-11)17(15)7-23-17/h4,10-14,19-21H,5-7H2,1-3H3/t10-,11+,12+,13+,14+,15+,16+,17-/m0/s1. The molecule has 0 radical (unpaired) electrons. The number of rotatable bonds is 2. The molecule has 134 valence electrons. The second-order valence-corrected chi connectivity index (χ2v) is 7.86. The Labute approximate surface area is 140 Å². The highest BCUT2D eigenvalue weighted by Crippen LogP contribution is 2.71. The quantitative estimate of drug-likeness (QED) is 0.354. The largest absolute Gasteiger partial charge is 0.465 e. The molecule has 3 fully saturated rings. The van der Waals surface area contributed by atoms with Crippen molar-refractivity contribution < 1.29 is 34.3 Å². The number of aliphatic hydroxyl groups excluding tert-OH is 3. The number of epoxide rings is 1. The summed E-state index contributed by atoms with van der Waals surface area (Å²) in [7, 11) is 0. The van der Waals surface area contributed by atoms with Gasteiger partial charge in [-0.15, -0.1) is 0 Å². The van der Waals surface area contributed by atoms with Gasteiger partial charge in [-0.3, -0.25) is 4.79 Å². The summed E-state index contributed by atoms with van der Waals surface area (Å²) in [6.45, 7) is 5.36. The molecule has 2 aliphatic heterocycles. The molecular formula is C17H24O7. The summed E-state index contributed by atoms with van der Waals surface area (Å²) >= 11 is 0. The first-order valence-electron chi connectivity index (χ1n) is 8.35. The van der Waals surface area contributed by atoms with Gasteiger partial charge in [-0.2, -0.15) is 0 Å². The molecule has 8 atom stereocenters. The second kappa shape index (κ2) is 4.80. The Hall–Kier alpha value is -0.990. The minimum absolute atomic E-state index is 0.00799. The first-order valence-corrected chi connectivity index (χ1v) is 8.35. The summed E-state index contributed by atoms with van der Waals surface area (Å²) in [5.41, 5.74) is -1.80. The molecule has 2 aliphatic carbocycles. The van der Waals surface area contributed by atoms with Crippen molar-refractivity contribution >= 4 is 5.97 Å². The van der Waals surface area contributed by atoms with Crippen LogP contribution in [0.25, 0.3) is 0 Å². The first kappa shape index (κ1) is 16.5. The number of carbonyl (C=O) groups excluding carboxylic acids is 1. The fourth-order valence-corrected chi connectivity index (χ4v) is 5.26. The van der Waals surface area contributed by atoms with Gasteiger partial charge >= 0.3 is 5.97 Å². The Morgan fingerprint density at radius 2 is 2.08 bits per heavy atom. The van der Waals surface area contributed by atoms with E-state index in [1.165, 1.54) is 6.92 Å². The van der Waals surface area contributed by atoms with Gasteiger partial charge in [0.05, 0.1) is 24.9 Å². The summed E-state index contributed by atoms with van der Waals surface area (Å²) in [6, 6.07) is 0. The van der Waals surface area contributed by atoms with Gasteiger partial charge < -0.3 is 29.5 Å². The van der Waals surface area contributed by atoms with Crippen LogP contribution in [0, 0.1) is 10.8 Å². The third kappa shape index (κ3) is 1.67. The maximum atomic E-state index is 11.5. The van der Waals surface area contributed by atoms with Crippen molar-refractivity contribution in [3.05, 3.63) is 11.6 Å². The summed E-state index contributed by atoms with van der Waals surface area (Å²) in [5, 5.41) is 31.9. The predicted octanol–water partition coefficient (Wildman–Crippen LogP) is -0.475. The molecule has 2 heterocycles. The van der Waals surface area contributed by atoms with Crippen LogP contribution in [0.2, 0.25) is 0 Å². The first-order chi connectivity index (χ1) is 11.2. The molecule has 3 N–H and O–H groups in total. The van der Waals surface area contributed by atoms with Crippen molar-refractivity contribution in [3.8, 4) is 0 Å². The van der Waals surface area contributed by atoms with Crippen LogP contribution < -0.4 is 0 Å². The van der Waals surface area contributed by atoms with Crippen molar-refractivity contribution in [2.24, 2.45) is 10.8 Å². The molecule has 0 aromatic heterocycles. The van der Waals surface area contributed by atoms with Gasteiger partial charge in [-0.25, -0.2) is 0 Å². The van der Waals surface area contributed by atoms with E-state index in [2.05, 4.69) is 0 Å². The molecule has 0 amide bonds. The molecule has 1 saturated carbocycles. The van der Waals surface area contributed by atoms with Crippen molar-refractivity contribution in [1.29, 1.82) is 0 Å². The highest BCUT2D eigenvalue weighted by molar-refractivity contribution is 5.66. The summed E-state index contributed by atoms with van der Waals surface area (Å²) in [4.78, 5) is 11.5. The molecule has 0 aromatic carbocycles. The van der Waals surface area contributed by atoms with E-state index in [1.807, 2.05) is 19.9 Å². The molecule has 0 unspecified atom stereocenters. The molecular weight excluding hydrogens is 316 g/mol. The van der Waals surface area contributed by atoms with Crippen LogP contribution in [0.1, 0.15) is 27.2 Å². The van der Waals surface area contributed by atoms with Gasteiger partial charge in [0.2, 0.25) is 0 Å². The molecule has 2 bridgehead atoms. The van der Waals surface area contributed by atoms with Gasteiger partial charge in [0.25, 0.3) is 0 Å². The maximum Gasteiger partial charge on any atom is 0.302 e. The number of ether oxygens (including phenoxy) is 3. The van der Waals surface area contributed by atoms with Crippen molar-refractivity contribution in [2.75, 3.05) is 13.2 Å². The summed E-state index contributed by atoms with van der Waals surface area (Å²) < 4.78 is 17.2. The van der Waals surface area contributed by atoms with E-state index in [4.69, 9.17) is 14.2 Å². The summed E-state index contributed by atoms with van der Waals surface area (Å²) in [5.74, 6) is -0.437. The lowest BCUT2D eigenvalue weighted by Gasteiger charge is -2.58. The van der Waals surface area contributed by atoms with Gasteiger partial charge in [-0.1, -0.05) is 13.0 Å². The number of carbonyl (C=O) groups is 1.